The van der Waals surface area contributed by atoms with E-state index < -0.39 is 18.8 Å². The van der Waals surface area contributed by atoms with Gasteiger partial charge in [-0.2, -0.15) is 18.3 Å². The molecule has 0 aliphatic heterocycles. The van der Waals surface area contributed by atoms with Gasteiger partial charge in [0.15, 0.2) is 0 Å². The predicted molar refractivity (Wildman–Crippen MR) is 132 cm³/mol. The van der Waals surface area contributed by atoms with Crippen molar-refractivity contribution in [3.63, 3.8) is 0 Å². The quantitative estimate of drug-likeness (QED) is 0.240. The van der Waals surface area contributed by atoms with Crippen molar-refractivity contribution in [2.24, 2.45) is 0 Å². The molecule has 2 aromatic carbocycles. The van der Waals surface area contributed by atoms with E-state index in [1.165, 1.54) is 12.1 Å². The molecule has 38 heavy (non-hydrogen) atoms. The summed E-state index contributed by atoms with van der Waals surface area (Å²) in [7, 11) is 0. The van der Waals surface area contributed by atoms with E-state index in [1.807, 2.05) is 59.3 Å². The molecule has 0 aliphatic rings. The van der Waals surface area contributed by atoms with Gasteiger partial charge in [-0.25, -0.2) is 14.5 Å². The maximum absolute atomic E-state index is 12.5. The molecule has 5 rings (SSSR count). The van der Waals surface area contributed by atoms with E-state index in [-0.39, 0.29) is 12.2 Å². The van der Waals surface area contributed by atoms with Crippen molar-refractivity contribution in [3.8, 4) is 28.1 Å². The van der Waals surface area contributed by atoms with Crippen LogP contribution < -0.4 is 10.4 Å². The average Bonchev–Trinajstić information content (AvgIpc) is 3.60. The lowest BCUT2D eigenvalue weighted by Gasteiger charge is -2.20. The molecule has 0 aliphatic carbocycles. The largest absolute Gasteiger partial charge is 0.405 e. The number of hydrogen-bond acceptors (Lipinski definition) is 5. The number of benzene rings is 2. The van der Waals surface area contributed by atoms with Gasteiger partial charge in [0, 0.05) is 24.2 Å². The van der Waals surface area contributed by atoms with Gasteiger partial charge in [0.05, 0.1) is 23.3 Å². The number of aromatic nitrogens is 4. The maximum Gasteiger partial charge on any atom is 0.405 e. The summed E-state index contributed by atoms with van der Waals surface area (Å²) in [4.78, 5) is 32.4. The summed E-state index contributed by atoms with van der Waals surface area (Å²) in [6.45, 7) is -1.62. The molecule has 3 heterocycles. The van der Waals surface area contributed by atoms with E-state index >= 15 is 0 Å². The average molecular weight is 520 g/mol. The first kappa shape index (κ1) is 24.6. The van der Waals surface area contributed by atoms with Gasteiger partial charge in [0.25, 0.3) is 0 Å². The molecule has 0 bridgehead atoms. The Labute approximate surface area is 213 Å². The molecule has 9 nitrogen and oxygen atoms in total. The number of urea groups is 1. The van der Waals surface area contributed by atoms with Crippen molar-refractivity contribution in [1.29, 1.82) is 0 Å². The molecule has 0 radical (unpaired) electrons. The van der Waals surface area contributed by atoms with Gasteiger partial charge >= 0.3 is 18.7 Å². The highest BCUT2D eigenvalue weighted by atomic mass is 19.4. The Hall–Kier alpha value is -5.13. The van der Waals surface area contributed by atoms with Crippen LogP contribution in [0.15, 0.2) is 91.5 Å². The Kier molecular flexibility index (Phi) is 6.52. The van der Waals surface area contributed by atoms with Crippen molar-refractivity contribution in [2.75, 3.05) is 11.6 Å². The summed E-state index contributed by atoms with van der Waals surface area (Å²) in [5, 5.41) is 6.40. The number of nitrogens with one attached hydrogen (secondary N) is 1. The summed E-state index contributed by atoms with van der Waals surface area (Å²) < 4.78 is 41.2. The van der Waals surface area contributed by atoms with Crippen LogP contribution in [-0.2, 0) is 9.63 Å². The van der Waals surface area contributed by atoms with Gasteiger partial charge in [-0.3, -0.25) is 9.20 Å². The van der Waals surface area contributed by atoms with Crippen LogP contribution in [0.25, 0.3) is 33.7 Å². The Balaban J connectivity index is 1.44. The Morgan fingerprint density at radius 3 is 2.55 bits per heavy atom. The third-order valence-electron chi connectivity index (χ3n) is 5.61. The van der Waals surface area contributed by atoms with Crippen molar-refractivity contribution in [2.45, 2.75) is 6.18 Å². The minimum Gasteiger partial charge on any atom is -0.335 e. The molecule has 5 aromatic rings. The number of hydroxylamine groups is 1. The number of alkyl halides is 3. The molecule has 0 saturated carbocycles. The van der Waals surface area contributed by atoms with Crippen LogP contribution in [0.3, 0.4) is 0 Å². The smallest absolute Gasteiger partial charge is 0.335 e. The summed E-state index contributed by atoms with van der Waals surface area (Å²) in [6.07, 6.45) is 2.42. The standard InChI is InChI=1S/C26H19F3N6O3/c27-26(28,29)16-31-25(37)35(38-17-36)22-7-2-5-20(13-22)23-15-30-24-14-19(8-11-33(23)24)18-4-1-6-21(12-18)34-10-3-9-32-34/h1-15,17H,16H2,(H,31,37). The number of imidazole rings is 1. The van der Waals surface area contributed by atoms with Gasteiger partial charge in [0.1, 0.15) is 12.2 Å². The topological polar surface area (TPSA) is 93.8 Å². The highest BCUT2D eigenvalue weighted by molar-refractivity contribution is 5.91. The Morgan fingerprint density at radius 1 is 1.00 bits per heavy atom. The number of amides is 2. The third kappa shape index (κ3) is 5.19. The summed E-state index contributed by atoms with van der Waals surface area (Å²) in [5.41, 5.74) is 4.76. The fraction of sp³-hybridized carbons (Fsp3) is 0.0769. The van der Waals surface area contributed by atoms with E-state index in [0.29, 0.717) is 22.0 Å². The normalized spacial score (nSPS) is 11.3. The van der Waals surface area contributed by atoms with Crippen LogP contribution in [0.2, 0.25) is 0 Å². The van der Waals surface area contributed by atoms with E-state index in [0.717, 1.165) is 16.8 Å². The zero-order valence-electron chi connectivity index (χ0n) is 19.5. The number of pyridine rings is 1. The lowest BCUT2D eigenvalue weighted by Crippen LogP contribution is -2.43. The number of carbonyl (C=O) groups excluding carboxylic acids is 2. The maximum atomic E-state index is 12.5. The van der Waals surface area contributed by atoms with Gasteiger partial charge in [0.2, 0.25) is 0 Å². The number of fused-ring (bicyclic) bond motifs is 1. The predicted octanol–water partition coefficient (Wildman–Crippen LogP) is 5.02. The minimum atomic E-state index is -4.62. The van der Waals surface area contributed by atoms with Crippen LogP contribution in [0.5, 0.6) is 0 Å². The summed E-state index contributed by atoms with van der Waals surface area (Å²) >= 11 is 0. The lowest BCUT2D eigenvalue weighted by atomic mass is 10.1. The van der Waals surface area contributed by atoms with Gasteiger partial charge in [-0.1, -0.05) is 24.3 Å². The first-order valence-electron chi connectivity index (χ1n) is 11.3. The molecule has 0 saturated heterocycles. The number of rotatable bonds is 7. The first-order valence-corrected chi connectivity index (χ1v) is 11.3. The lowest BCUT2D eigenvalue weighted by molar-refractivity contribution is -0.129. The molecule has 0 atom stereocenters. The van der Waals surface area contributed by atoms with Gasteiger partial charge in [-0.15, -0.1) is 5.06 Å². The van der Waals surface area contributed by atoms with Crippen LogP contribution in [0, 0.1) is 0 Å². The second-order valence-electron chi connectivity index (χ2n) is 8.11. The molecular formula is C26H19F3N6O3. The molecular weight excluding hydrogens is 501 g/mol. The monoisotopic (exact) mass is 520 g/mol. The summed E-state index contributed by atoms with van der Waals surface area (Å²) in [6, 6.07) is 18.6. The van der Waals surface area contributed by atoms with Crippen molar-refractivity contribution in [1.82, 2.24) is 24.5 Å². The Morgan fingerprint density at radius 2 is 1.79 bits per heavy atom. The van der Waals surface area contributed by atoms with Crippen molar-refractivity contribution < 1.29 is 27.6 Å². The Bertz CT molecular complexity index is 1600. The molecule has 3 aromatic heterocycles. The zero-order valence-corrected chi connectivity index (χ0v) is 19.5. The van der Waals surface area contributed by atoms with E-state index in [1.54, 1.807) is 34.5 Å². The minimum absolute atomic E-state index is 0.0447. The number of hydrogen-bond donors (Lipinski definition) is 1. The number of nitrogens with zero attached hydrogens (tertiary/aromatic N) is 5. The van der Waals surface area contributed by atoms with Crippen LogP contribution >= 0.6 is 0 Å². The van der Waals surface area contributed by atoms with Crippen LogP contribution in [0.1, 0.15) is 0 Å². The van der Waals surface area contributed by atoms with Gasteiger partial charge in [-0.05, 0) is 53.6 Å². The molecule has 0 unspecified atom stereocenters. The molecule has 2 amide bonds. The van der Waals surface area contributed by atoms with Crippen molar-refractivity contribution in [3.05, 3.63) is 91.5 Å². The second kappa shape index (κ2) is 10.1. The van der Waals surface area contributed by atoms with Crippen LogP contribution in [-0.4, -0.2) is 44.4 Å². The SMILES string of the molecule is O=CON(C(=O)NCC(F)(F)F)c1cccc(-c2cnc3cc(-c4cccc(-n5cccn5)c4)ccn23)c1. The molecule has 1 N–H and O–H groups in total. The first-order chi connectivity index (χ1) is 18.3. The molecule has 0 spiro atoms. The van der Waals surface area contributed by atoms with Crippen molar-refractivity contribution >= 4 is 23.8 Å². The molecule has 0 fully saturated rings. The zero-order chi connectivity index (χ0) is 26.7. The fourth-order valence-electron chi connectivity index (χ4n) is 3.93. The van der Waals surface area contributed by atoms with E-state index in [2.05, 4.69) is 14.9 Å². The molecule has 192 valence electrons. The second-order valence-corrected chi connectivity index (χ2v) is 8.11. The fourth-order valence-corrected chi connectivity index (χ4v) is 3.93. The number of carbonyl (C=O) groups is 2. The van der Waals surface area contributed by atoms with Gasteiger partial charge < -0.3 is 10.2 Å². The van der Waals surface area contributed by atoms with Crippen LogP contribution in [0.4, 0.5) is 23.7 Å². The number of anilines is 1. The third-order valence-corrected chi connectivity index (χ3v) is 5.61. The molecule has 12 heteroatoms. The summed E-state index contributed by atoms with van der Waals surface area (Å²) in [5.74, 6) is 0. The van der Waals surface area contributed by atoms with E-state index in [4.69, 9.17) is 0 Å². The van der Waals surface area contributed by atoms with E-state index in [9.17, 15) is 22.8 Å². The highest BCUT2D eigenvalue weighted by Gasteiger charge is 2.30. The highest BCUT2D eigenvalue weighted by Crippen LogP contribution is 2.29. The number of halogens is 3.